The van der Waals surface area contributed by atoms with E-state index < -0.39 is 0 Å². The molecule has 0 spiro atoms. The number of aliphatic hydroxyl groups excluding tert-OH is 2. The van der Waals surface area contributed by atoms with Crippen LogP contribution in [-0.4, -0.2) is 32.0 Å². The Hall–Kier alpha value is -5.82. The summed E-state index contributed by atoms with van der Waals surface area (Å²) in [5.41, 5.74) is 5.07. The number of aliphatic hydroxyl groups is 2. The van der Waals surface area contributed by atoms with Gasteiger partial charge in [0.15, 0.2) is 11.6 Å². The molecule has 0 amide bonds. The molecular formula is C40H30O6. The molecule has 0 aliphatic heterocycles. The summed E-state index contributed by atoms with van der Waals surface area (Å²) >= 11 is 0. The summed E-state index contributed by atoms with van der Waals surface area (Å²) < 4.78 is 0. The molecule has 6 rings (SSSR count). The lowest BCUT2D eigenvalue weighted by Gasteiger charge is -2.15. The van der Waals surface area contributed by atoms with Gasteiger partial charge in [-0.1, -0.05) is 97.1 Å². The van der Waals surface area contributed by atoms with Crippen LogP contribution in [0, 0.1) is 0 Å². The Kier molecular flexibility index (Phi) is 8.57. The van der Waals surface area contributed by atoms with Crippen molar-refractivity contribution in [2.45, 2.75) is 13.2 Å². The molecule has 226 valence electrons. The first kappa shape index (κ1) is 30.2. The quantitative estimate of drug-likeness (QED) is 0.0984. The van der Waals surface area contributed by atoms with Crippen molar-refractivity contribution in [3.63, 3.8) is 0 Å². The van der Waals surface area contributed by atoms with Gasteiger partial charge in [0.25, 0.3) is 0 Å². The van der Waals surface area contributed by atoms with E-state index in [1.54, 1.807) is 84.9 Å². The molecule has 0 radical (unpaired) electrons. The van der Waals surface area contributed by atoms with Crippen LogP contribution >= 0.6 is 0 Å². The molecule has 0 atom stereocenters. The fourth-order valence-corrected chi connectivity index (χ4v) is 5.49. The number of hydrogen-bond acceptors (Lipinski definition) is 6. The van der Waals surface area contributed by atoms with E-state index in [9.17, 15) is 30.0 Å². The predicted octanol–water partition coefficient (Wildman–Crippen LogP) is 7.85. The maximum absolute atomic E-state index is 12.7. The van der Waals surface area contributed by atoms with E-state index in [1.807, 2.05) is 36.4 Å². The summed E-state index contributed by atoms with van der Waals surface area (Å²) in [5.74, 6) is -0.289. The SMILES string of the molecule is O=C(/C=C/c1ccc2c(-c3c(O)ccc4cc(/C=C/C(=O)c5ccc(CO)cc5)ccc34)c(O)ccc2c1)c1ccc(CO)cc1. The van der Waals surface area contributed by atoms with Crippen LogP contribution in [-0.2, 0) is 13.2 Å². The van der Waals surface area contributed by atoms with Crippen molar-refractivity contribution in [2.24, 2.45) is 0 Å². The van der Waals surface area contributed by atoms with Crippen LogP contribution in [0.2, 0.25) is 0 Å². The minimum atomic E-state index is -0.160. The number of phenols is 2. The maximum Gasteiger partial charge on any atom is 0.185 e. The molecule has 0 saturated carbocycles. The maximum atomic E-state index is 12.7. The second-order valence-electron chi connectivity index (χ2n) is 11.0. The first-order valence-corrected chi connectivity index (χ1v) is 14.7. The second kappa shape index (κ2) is 13.0. The van der Waals surface area contributed by atoms with E-state index in [4.69, 9.17) is 0 Å². The monoisotopic (exact) mass is 606 g/mol. The topological polar surface area (TPSA) is 115 Å². The average molecular weight is 607 g/mol. The van der Waals surface area contributed by atoms with Gasteiger partial charge >= 0.3 is 0 Å². The molecule has 0 unspecified atom stereocenters. The van der Waals surface area contributed by atoms with Crippen molar-refractivity contribution >= 4 is 45.3 Å². The van der Waals surface area contributed by atoms with Crippen molar-refractivity contribution in [3.8, 4) is 22.6 Å². The van der Waals surface area contributed by atoms with Crippen molar-refractivity contribution < 1.29 is 30.0 Å². The highest BCUT2D eigenvalue weighted by Gasteiger charge is 2.17. The van der Waals surface area contributed by atoms with Gasteiger partial charge in [0.1, 0.15) is 11.5 Å². The van der Waals surface area contributed by atoms with Crippen LogP contribution in [0.1, 0.15) is 43.0 Å². The zero-order valence-electron chi connectivity index (χ0n) is 24.7. The molecule has 0 bridgehead atoms. The highest BCUT2D eigenvalue weighted by Crippen LogP contribution is 2.45. The van der Waals surface area contributed by atoms with E-state index in [0.717, 1.165) is 43.8 Å². The van der Waals surface area contributed by atoms with E-state index in [0.29, 0.717) is 22.3 Å². The number of allylic oxidation sites excluding steroid dienone is 2. The highest BCUT2D eigenvalue weighted by atomic mass is 16.3. The minimum Gasteiger partial charge on any atom is -0.507 e. The van der Waals surface area contributed by atoms with Gasteiger partial charge in [-0.2, -0.15) is 0 Å². The largest absolute Gasteiger partial charge is 0.507 e. The molecule has 46 heavy (non-hydrogen) atoms. The summed E-state index contributed by atoms with van der Waals surface area (Å²) in [7, 11) is 0. The molecule has 0 fully saturated rings. The van der Waals surface area contributed by atoms with Crippen molar-refractivity contribution in [1.82, 2.24) is 0 Å². The van der Waals surface area contributed by atoms with Gasteiger partial charge in [-0.3, -0.25) is 9.59 Å². The zero-order chi connectivity index (χ0) is 32.2. The van der Waals surface area contributed by atoms with Gasteiger partial charge < -0.3 is 20.4 Å². The molecule has 6 aromatic rings. The Morgan fingerprint density at radius 3 is 1.26 bits per heavy atom. The lowest BCUT2D eigenvalue weighted by Crippen LogP contribution is -1.94. The first-order valence-electron chi connectivity index (χ1n) is 14.7. The van der Waals surface area contributed by atoms with Gasteiger partial charge in [0.2, 0.25) is 0 Å². The highest BCUT2D eigenvalue weighted by molar-refractivity contribution is 6.11. The zero-order valence-corrected chi connectivity index (χ0v) is 24.7. The molecule has 0 saturated heterocycles. The molecule has 6 heteroatoms. The first-order chi connectivity index (χ1) is 22.3. The molecule has 6 nitrogen and oxygen atoms in total. The number of phenolic OH excluding ortho intramolecular Hbond substituents is 2. The van der Waals surface area contributed by atoms with Crippen LogP contribution in [0.4, 0.5) is 0 Å². The molecule has 0 aliphatic carbocycles. The Morgan fingerprint density at radius 2 is 0.891 bits per heavy atom. The molecular weight excluding hydrogens is 576 g/mol. The summed E-state index contributed by atoms with van der Waals surface area (Å²) in [6, 6.07) is 31.6. The summed E-state index contributed by atoms with van der Waals surface area (Å²) in [6.07, 6.45) is 6.46. The van der Waals surface area contributed by atoms with E-state index >= 15 is 0 Å². The van der Waals surface area contributed by atoms with Crippen molar-refractivity contribution in [3.05, 3.63) is 155 Å². The molecule has 6 aromatic carbocycles. The number of fused-ring (bicyclic) bond motifs is 2. The summed E-state index contributed by atoms with van der Waals surface area (Å²) in [5, 5.41) is 43.6. The van der Waals surface area contributed by atoms with Crippen LogP contribution in [0.5, 0.6) is 11.5 Å². The fourth-order valence-electron chi connectivity index (χ4n) is 5.49. The third-order valence-corrected chi connectivity index (χ3v) is 7.99. The van der Waals surface area contributed by atoms with Crippen LogP contribution < -0.4 is 0 Å². The van der Waals surface area contributed by atoms with E-state index in [-0.39, 0.29) is 36.3 Å². The standard InChI is InChI=1S/C40H30O6/c41-23-27-1-9-29(10-2-27)35(43)17-7-25-5-15-33-31(21-25)13-19-37(45)39(33)40-34-16-6-26(22-32(34)14-20-38(40)46)8-18-36(44)30-11-3-28(24-42)4-12-30/h1-22,41-42,45-46H,23-24H2/b17-7+,18-8+. The normalized spacial score (nSPS) is 11.6. The lowest BCUT2D eigenvalue weighted by atomic mass is 9.91. The van der Waals surface area contributed by atoms with Gasteiger partial charge in [0.05, 0.1) is 13.2 Å². The number of carbonyl (C=O) groups excluding carboxylic acids is 2. The smallest absolute Gasteiger partial charge is 0.185 e. The minimum absolute atomic E-state index is 0.0156. The number of carbonyl (C=O) groups is 2. The van der Waals surface area contributed by atoms with Gasteiger partial charge in [-0.15, -0.1) is 0 Å². The number of benzene rings is 6. The van der Waals surface area contributed by atoms with Crippen molar-refractivity contribution in [1.29, 1.82) is 0 Å². The lowest BCUT2D eigenvalue weighted by molar-refractivity contribution is 0.103. The fraction of sp³-hybridized carbons (Fsp3) is 0.0500. The Labute approximate surface area is 265 Å². The van der Waals surface area contributed by atoms with Crippen LogP contribution in [0.3, 0.4) is 0 Å². The third kappa shape index (κ3) is 6.21. The summed E-state index contributed by atoms with van der Waals surface area (Å²) in [6.45, 7) is -0.168. The molecule has 0 aliphatic rings. The van der Waals surface area contributed by atoms with E-state index in [2.05, 4.69) is 0 Å². The number of ketones is 2. The van der Waals surface area contributed by atoms with Gasteiger partial charge in [-0.25, -0.2) is 0 Å². The van der Waals surface area contributed by atoms with Crippen LogP contribution in [0.15, 0.2) is 121 Å². The summed E-state index contributed by atoms with van der Waals surface area (Å²) in [4.78, 5) is 25.3. The van der Waals surface area contributed by atoms with Crippen molar-refractivity contribution in [2.75, 3.05) is 0 Å². The number of hydrogen-bond donors (Lipinski definition) is 4. The van der Waals surface area contributed by atoms with Crippen LogP contribution in [0.25, 0.3) is 44.8 Å². The average Bonchev–Trinajstić information content (AvgIpc) is 3.10. The molecule has 0 heterocycles. The molecule has 4 N–H and O–H groups in total. The van der Waals surface area contributed by atoms with Gasteiger partial charge in [-0.05, 0) is 80.2 Å². The second-order valence-corrected chi connectivity index (χ2v) is 11.0. The molecule has 0 aromatic heterocycles. The third-order valence-electron chi connectivity index (χ3n) is 7.99. The number of aromatic hydroxyl groups is 2. The Bertz CT molecular complexity index is 2000. The Balaban J connectivity index is 1.31. The Morgan fingerprint density at radius 1 is 0.500 bits per heavy atom. The number of rotatable bonds is 9. The predicted molar refractivity (Wildman–Crippen MR) is 182 cm³/mol. The van der Waals surface area contributed by atoms with E-state index in [1.165, 1.54) is 12.2 Å². The van der Waals surface area contributed by atoms with Gasteiger partial charge in [0, 0.05) is 22.3 Å².